The van der Waals surface area contributed by atoms with E-state index < -0.39 is 15.4 Å². The summed E-state index contributed by atoms with van der Waals surface area (Å²) in [7, 11) is -1.51. The number of nitrogens with zero attached hydrogens (tertiary/aromatic N) is 3. The zero-order valence-electron chi connectivity index (χ0n) is 17.9. The molecule has 1 aliphatic heterocycles. The van der Waals surface area contributed by atoms with Crippen LogP contribution in [0, 0.1) is 5.41 Å². The fourth-order valence-corrected chi connectivity index (χ4v) is 4.61. The van der Waals surface area contributed by atoms with E-state index in [0.717, 1.165) is 31.9 Å². The summed E-state index contributed by atoms with van der Waals surface area (Å²) in [5, 5.41) is 2.97. The molecular weight excluding hydrogens is 376 g/mol. The Balaban J connectivity index is 2.47. The van der Waals surface area contributed by atoms with Crippen molar-refractivity contribution in [2.45, 2.75) is 39.5 Å². The molecule has 0 spiro atoms. The van der Waals surface area contributed by atoms with Crippen LogP contribution in [0.5, 0.6) is 0 Å². The molecule has 28 heavy (non-hydrogen) atoms. The van der Waals surface area contributed by atoms with E-state index >= 15 is 0 Å². The van der Waals surface area contributed by atoms with Crippen molar-refractivity contribution in [2.75, 3.05) is 56.5 Å². The molecule has 7 nitrogen and oxygen atoms in total. The summed E-state index contributed by atoms with van der Waals surface area (Å²) in [6, 6.07) is 5.07. The van der Waals surface area contributed by atoms with Crippen molar-refractivity contribution in [3.05, 3.63) is 18.2 Å². The van der Waals surface area contributed by atoms with Crippen molar-refractivity contribution < 1.29 is 13.2 Å². The molecule has 1 heterocycles. The van der Waals surface area contributed by atoms with Gasteiger partial charge in [0.2, 0.25) is 15.9 Å². The minimum Gasteiger partial charge on any atom is -0.367 e. The van der Waals surface area contributed by atoms with Gasteiger partial charge in [-0.25, -0.2) is 8.42 Å². The third-order valence-electron chi connectivity index (χ3n) is 5.08. The van der Waals surface area contributed by atoms with E-state index in [1.807, 2.05) is 40.7 Å². The molecular formula is C20H34N4O3S. The van der Waals surface area contributed by atoms with Crippen LogP contribution in [0.4, 0.5) is 11.4 Å². The third-order valence-corrected chi connectivity index (χ3v) is 7.13. The molecule has 0 aliphatic carbocycles. The molecule has 0 bridgehead atoms. The smallest absolute Gasteiger partial charge is 0.243 e. The summed E-state index contributed by atoms with van der Waals surface area (Å²) in [5.41, 5.74) is 0.842. The number of amides is 1. The fraction of sp³-hybridized carbons (Fsp3) is 0.650. The zero-order valence-corrected chi connectivity index (χ0v) is 18.8. The lowest BCUT2D eigenvalue weighted by molar-refractivity contribution is -0.123. The largest absolute Gasteiger partial charge is 0.367 e. The van der Waals surface area contributed by atoms with Crippen LogP contribution in [0.15, 0.2) is 23.1 Å². The van der Waals surface area contributed by atoms with Crippen LogP contribution in [-0.2, 0) is 14.8 Å². The van der Waals surface area contributed by atoms with Crippen molar-refractivity contribution >= 4 is 27.3 Å². The molecule has 1 saturated heterocycles. The molecule has 1 amide bonds. The second kappa shape index (κ2) is 8.80. The molecule has 2 rings (SSSR count). The number of carbonyl (C=O) groups excluding carboxylic acids is 1. The number of anilines is 2. The van der Waals surface area contributed by atoms with Crippen molar-refractivity contribution in [2.24, 2.45) is 5.41 Å². The lowest BCUT2D eigenvalue weighted by Crippen LogP contribution is -2.45. The van der Waals surface area contributed by atoms with Gasteiger partial charge in [-0.05, 0) is 25.2 Å². The maximum atomic E-state index is 13.0. The number of carbonyl (C=O) groups is 1. The number of likely N-dealkylation sites (N-methyl/N-ethyl adjacent to an activating group) is 1. The van der Waals surface area contributed by atoms with Gasteiger partial charge in [0, 0.05) is 44.7 Å². The summed E-state index contributed by atoms with van der Waals surface area (Å²) in [6.45, 7) is 13.5. The van der Waals surface area contributed by atoms with Crippen LogP contribution in [-0.4, -0.2) is 69.8 Å². The molecule has 0 aromatic heterocycles. The molecule has 1 fully saturated rings. The first kappa shape index (κ1) is 22.6. The maximum Gasteiger partial charge on any atom is 0.243 e. The van der Waals surface area contributed by atoms with Gasteiger partial charge in [0.1, 0.15) is 0 Å². The van der Waals surface area contributed by atoms with Gasteiger partial charge in [0.25, 0.3) is 0 Å². The Morgan fingerprint density at radius 3 is 2.18 bits per heavy atom. The number of hydrogen-bond donors (Lipinski definition) is 1. The van der Waals surface area contributed by atoms with Gasteiger partial charge in [-0.2, -0.15) is 4.31 Å². The minimum absolute atomic E-state index is 0.139. The van der Waals surface area contributed by atoms with E-state index in [0.29, 0.717) is 18.8 Å². The molecule has 1 aromatic carbocycles. The van der Waals surface area contributed by atoms with Crippen molar-refractivity contribution in [3.8, 4) is 0 Å². The van der Waals surface area contributed by atoms with Crippen LogP contribution >= 0.6 is 0 Å². The van der Waals surface area contributed by atoms with Crippen molar-refractivity contribution in [1.82, 2.24) is 9.21 Å². The first-order valence-corrected chi connectivity index (χ1v) is 11.3. The number of rotatable bonds is 6. The quantitative estimate of drug-likeness (QED) is 0.780. The Morgan fingerprint density at radius 1 is 1.11 bits per heavy atom. The Hall–Kier alpha value is -1.64. The number of benzene rings is 1. The Kier molecular flexibility index (Phi) is 7.12. The molecule has 8 heteroatoms. The Morgan fingerprint density at radius 2 is 1.68 bits per heavy atom. The standard InChI is InChI=1S/C20H34N4O3S/c1-7-24(8-2)28(26,27)16-9-10-18(23-13-11-22(6)12-14-23)17(15-16)21-19(25)20(3,4)5/h9-10,15H,7-8,11-14H2,1-6H3,(H,21,25). The molecule has 0 atom stereocenters. The van der Waals surface area contributed by atoms with Crippen molar-refractivity contribution in [1.29, 1.82) is 0 Å². The summed E-state index contributed by atoms with van der Waals surface area (Å²) in [4.78, 5) is 17.3. The van der Waals surface area contributed by atoms with E-state index in [1.165, 1.54) is 4.31 Å². The Bertz CT molecular complexity index is 790. The lowest BCUT2D eigenvalue weighted by Gasteiger charge is -2.35. The van der Waals surface area contributed by atoms with Gasteiger partial charge in [0.05, 0.1) is 16.3 Å². The second-order valence-corrected chi connectivity index (χ2v) is 10.2. The first-order chi connectivity index (χ1) is 13.0. The van der Waals surface area contributed by atoms with E-state index in [9.17, 15) is 13.2 Å². The lowest BCUT2D eigenvalue weighted by atomic mass is 9.95. The first-order valence-electron chi connectivity index (χ1n) is 9.89. The highest BCUT2D eigenvalue weighted by Gasteiger charge is 2.27. The van der Waals surface area contributed by atoms with Gasteiger partial charge >= 0.3 is 0 Å². The molecule has 1 aliphatic rings. The Labute approximate surface area is 169 Å². The van der Waals surface area contributed by atoms with Gasteiger partial charge in [-0.3, -0.25) is 4.79 Å². The number of sulfonamides is 1. The molecule has 0 saturated carbocycles. The van der Waals surface area contributed by atoms with Gasteiger partial charge < -0.3 is 15.1 Å². The zero-order chi connectivity index (χ0) is 21.1. The van der Waals surface area contributed by atoms with E-state index in [1.54, 1.807) is 12.1 Å². The predicted molar refractivity (Wildman–Crippen MR) is 114 cm³/mol. The summed E-state index contributed by atoms with van der Waals surface area (Å²) >= 11 is 0. The number of nitrogens with one attached hydrogen (secondary N) is 1. The molecule has 158 valence electrons. The highest BCUT2D eigenvalue weighted by molar-refractivity contribution is 7.89. The van der Waals surface area contributed by atoms with E-state index in [-0.39, 0.29) is 10.8 Å². The fourth-order valence-electron chi connectivity index (χ4n) is 3.12. The average molecular weight is 411 g/mol. The highest BCUT2D eigenvalue weighted by atomic mass is 32.2. The highest BCUT2D eigenvalue weighted by Crippen LogP contribution is 2.32. The average Bonchev–Trinajstić information content (AvgIpc) is 2.62. The predicted octanol–water partition coefficient (Wildman–Crippen LogP) is 2.45. The maximum absolute atomic E-state index is 13.0. The second-order valence-electron chi connectivity index (χ2n) is 8.26. The van der Waals surface area contributed by atoms with Gasteiger partial charge in [-0.15, -0.1) is 0 Å². The monoisotopic (exact) mass is 410 g/mol. The summed E-state index contributed by atoms with van der Waals surface area (Å²) in [5.74, 6) is -0.139. The van der Waals surface area contributed by atoms with Crippen molar-refractivity contribution in [3.63, 3.8) is 0 Å². The molecule has 1 aromatic rings. The minimum atomic E-state index is -3.60. The third kappa shape index (κ3) is 5.04. The van der Waals surface area contributed by atoms with E-state index in [4.69, 9.17) is 0 Å². The molecule has 0 radical (unpaired) electrons. The topological polar surface area (TPSA) is 73.0 Å². The van der Waals surface area contributed by atoms with Gasteiger partial charge in [0.15, 0.2) is 0 Å². The number of piperazine rings is 1. The van der Waals surface area contributed by atoms with Crippen LogP contribution in [0.2, 0.25) is 0 Å². The normalized spacial score (nSPS) is 16.5. The summed E-state index contributed by atoms with van der Waals surface area (Å²) < 4.78 is 27.3. The van der Waals surface area contributed by atoms with Crippen LogP contribution in [0.3, 0.4) is 0 Å². The summed E-state index contributed by atoms with van der Waals surface area (Å²) in [6.07, 6.45) is 0. The van der Waals surface area contributed by atoms with Crippen LogP contribution in [0.1, 0.15) is 34.6 Å². The van der Waals surface area contributed by atoms with Crippen LogP contribution < -0.4 is 10.2 Å². The SMILES string of the molecule is CCN(CC)S(=O)(=O)c1ccc(N2CCN(C)CC2)c(NC(=O)C(C)(C)C)c1. The van der Waals surface area contributed by atoms with Gasteiger partial charge in [-0.1, -0.05) is 34.6 Å². The molecule has 0 unspecified atom stereocenters. The van der Waals surface area contributed by atoms with Crippen LogP contribution in [0.25, 0.3) is 0 Å². The number of hydrogen-bond acceptors (Lipinski definition) is 5. The van der Waals surface area contributed by atoms with E-state index in [2.05, 4.69) is 22.2 Å². The molecule has 1 N–H and O–H groups in total.